The second kappa shape index (κ2) is 5.90. The molecular weight excluding hydrogens is 256 g/mol. The maximum absolute atomic E-state index is 5.49. The molecule has 1 fully saturated rings. The Bertz CT molecular complexity index is 460. The first-order valence-corrected chi connectivity index (χ1v) is 7.40. The fourth-order valence-corrected chi connectivity index (χ4v) is 2.94. The van der Waals surface area contributed by atoms with Gasteiger partial charge >= 0.3 is 0 Å². The number of hydrogen-bond acceptors (Lipinski definition) is 2. The Morgan fingerprint density at radius 3 is 2.58 bits per heavy atom. The zero-order valence-corrected chi connectivity index (χ0v) is 13.2. The summed E-state index contributed by atoms with van der Waals surface area (Å²) in [6.07, 6.45) is 5.15. The summed E-state index contributed by atoms with van der Waals surface area (Å²) in [5.74, 6) is 0. The van der Waals surface area contributed by atoms with Gasteiger partial charge in [0, 0.05) is 37.9 Å². The standard InChI is InChI=1S/C14H24N4S/c1-10-13(11(2)18(4)16-10)9-17(3)14(19)15-12-7-5-6-8-12/h12H,5-9H2,1-4H3,(H,15,19). The van der Waals surface area contributed by atoms with Crippen LogP contribution in [0.15, 0.2) is 0 Å². The maximum atomic E-state index is 5.49. The fraction of sp³-hybridized carbons (Fsp3) is 0.714. The Labute approximate surface area is 121 Å². The minimum Gasteiger partial charge on any atom is -0.360 e. The summed E-state index contributed by atoms with van der Waals surface area (Å²) in [6, 6.07) is 0.575. The van der Waals surface area contributed by atoms with Crippen LogP contribution in [0.1, 0.15) is 42.6 Å². The maximum Gasteiger partial charge on any atom is 0.169 e. The van der Waals surface area contributed by atoms with Gasteiger partial charge in [0.1, 0.15) is 0 Å². The molecule has 0 amide bonds. The number of rotatable bonds is 3. The lowest BCUT2D eigenvalue weighted by Crippen LogP contribution is -2.41. The Hall–Kier alpha value is -1.10. The van der Waals surface area contributed by atoms with Crippen LogP contribution in [-0.2, 0) is 13.6 Å². The van der Waals surface area contributed by atoms with Gasteiger partial charge in [-0.2, -0.15) is 5.10 Å². The van der Waals surface area contributed by atoms with Gasteiger partial charge in [0.2, 0.25) is 0 Å². The van der Waals surface area contributed by atoms with Gasteiger partial charge in [-0.3, -0.25) is 4.68 Å². The molecule has 1 saturated carbocycles. The quantitative estimate of drug-likeness (QED) is 0.861. The van der Waals surface area contributed by atoms with E-state index in [1.807, 2.05) is 11.7 Å². The Morgan fingerprint density at radius 1 is 1.42 bits per heavy atom. The predicted octanol–water partition coefficient (Wildman–Crippen LogP) is 2.29. The van der Waals surface area contributed by atoms with E-state index in [0.29, 0.717) is 6.04 Å². The first-order valence-electron chi connectivity index (χ1n) is 6.99. The number of thiocarbonyl (C=S) groups is 1. The van der Waals surface area contributed by atoms with Crippen LogP contribution < -0.4 is 5.32 Å². The highest BCUT2D eigenvalue weighted by atomic mass is 32.1. The van der Waals surface area contributed by atoms with Crippen molar-refractivity contribution in [2.24, 2.45) is 7.05 Å². The van der Waals surface area contributed by atoms with Crippen molar-refractivity contribution in [2.75, 3.05) is 7.05 Å². The molecular formula is C14H24N4S. The molecule has 0 spiro atoms. The van der Waals surface area contributed by atoms with E-state index in [-0.39, 0.29) is 0 Å². The summed E-state index contributed by atoms with van der Waals surface area (Å²) in [5.41, 5.74) is 3.59. The second-order valence-electron chi connectivity index (χ2n) is 5.56. The summed E-state index contributed by atoms with van der Waals surface area (Å²) in [4.78, 5) is 2.12. The molecule has 106 valence electrons. The van der Waals surface area contributed by atoms with E-state index in [0.717, 1.165) is 17.4 Å². The molecule has 1 aliphatic carbocycles. The minimum absolute atomic E-state index is 0.575. The smallest absolute Gasteiger partial charge is 0.169 e. The molecule has 0 bridgehead atoms. The monoisotopic (exact) mass is 280 g/mol. The largest absolute Gasteiger partial charge is 0.360 e. The molecule has 1 aromatic rings. The van der Waals surface area contributed by atoms with Gasteiger partial charge < -0.3 is 10.2 Å². The SMILES string of the molecule is Cc1nn(C)c(C)c1CN(C)C(=S)NC1CCCC1. The molecule has 19 heavy (non-hydrogen) atoms. The van der Waals surface area contributed by atoms with E-state index in [1.54, 1.807) is 0 Å². The van der Waals surface area contributed by atoms with Gasteiger partial charge in [0.15, 0.2) is 5.11 Å². The zero-order chi connectivity index (χ0) is 14.0. The predicted molar refractivity (Wildman–Crippen MR) is 82.1 cm³/mol. The Morgan fingerprint density at radius 2 is 2.05 bits per heavy atom. The van der Waals surface area contributed by atoms with Crippen molar-refractivity contribution in [3.8, 4) is 0 Å². The normalized spacial score (nSPS) is 15.8. The van der Waals surface area contributed by atoms with Crippen LogP contribution in [0.25, 0.3) is 0 Å². The lowest BCUT2D eigenvalue weighted by molar-refractivity contribution is 0.469. The number of nitrogens with one attached hydrogen (secondary N) is 1. The van der Waals surface area contributed by atoms with Crippen LogP contribution in [0, 0.1) is 13.8 Å². The van der Waals surface area contributed by atoms with Gasteiger partial charge in [-0.05, 0) is 38.9 Å². The molecule has 0 unspecified atom stereocenters. The highest BCUT2D eigenvalue weighted by molar-refractivity contribution is 7.80. The Balaban J connectivity index is 1.95. The number of nitrogens with zero attached hydrogens (tertiary/aromatic N) is 3. The van der Waals surface area contributed by atoms with Crippen molar-refractivity contribution in [1.29, 1.82) is 0 Å². The molecule has 4 nitrogen and oxygen atoms in total. The summed E-state index contributed by atoms with van der Waals surface area (Å²) in [5, 5.41) is 8.78. The van der Waals surface area contributed by atoms with E-state index in [9.17, 15) is 0 Å². The number of hydrogen-bond donors (Lipinski definition) is 1. The molecule has 0 aliphatic heterocycles. The number of aromatic nitrogens is 2. The molecule has 1 aromatic heterocycles. The molecule has 5 heteroatoms. The van der Waals surface area contributed by atoms with Gasteiger partial charge in [0.05, 0.1) is 5.69 Å². The first kappa shape index (κ1) is 14.3. The third-order valence-electron chi connectivity index (χ3n) is 4.08. The van der Waals surface area contributed by atoms with Gasteiger partial charge in [-0.25, -0.2) is 0 Å². The summed E-state index contributed by atoms with van der Waals surface area (Å²) < 4.78 is 1.94. The Kier molecular flexibility index (Phi) is 4.45. The lowest BCUT2D eigenvalue weighted by atomic mass is 10.2. The highest BCUT2D eigenvalue weighted by Crippen LogP contribution is 2.18. The minimum atomic E-state index is 0.575. The van der Waals surface area contributed by atoms with Gasteiger partial charge in [-0.15, -0.1) is 0 Å². The van der Waals surface area contributed by atoms with E-state index in [4.69, 9.17) is 12.2 Å². The summed E-state index contributed by atoms with van der Waals surface area (Å²) in [7, 11) is 4.04. The first-order chi connectivity index (χ1) is 8.99. The van der Waals surface area contributed by atoms with Crippen molar-refractivity contribution in [2.45, 2.75) is 52.1 Å². The molecule has 1 N–H and O–H groups in total. The van der Waals surface area contributed by atoms with Crippen molar-refractivity contribution in [3.05, 3.63) is 17.0 Å². The van der Waals surface area contributed by atoms with Gasteiger partial charge in [0.25, 0.3) is 0 Å². The average molecular weight is 280 g/mol. The molecule has 0 aromatic carbocycles. The lowest BCUT2D eigenvalue weighted by Gasteiger charge is -2.24. The van der Waals surface area contributed by atoms with Crippen LogP contribution in [0.3, 0.4) is 0 Å². The average Bonchev–Trinajstić information content (AvgIpc) is 2.94. The van der Waals surface area contributed by atoms with E-state index < -0.39 is 0 Å². The third-order valence-corrected chi connectivity index (χ3v) is 4.51. The van der Waals surface area contributed by atoms with Gasteiger partial charge in [-0.1, -0.05) is 12.8 Å². The second-order valence-corrected chi connectivity index (χ2v) is 5.95. The van der Waals surface area contributed by atoms with Crippen molar-refractivity contribution in [1.82, 2.24) is 20.0 Å². The summed E-state index contributed by atoms with van der Waals surface area (Å²) in [6.45, 7) is 4.99. The highest BCUT2D eigenvalue weighted by Gasteiger charge is 2.18. The van der Waals surface area contributed by atoms with E-state index in [1.165, 1.54) is 36.9 Å². The molecule has 0 saturated heterocycles. The molecule has 2 rings (SSSR count). The summed E-state index contributed by atoms with van der Waals surface area (Å²) >= 11 is 5.49. The van der Waals surface area contributed by atoms with E-state index >= 15 is 0 Å². The molecule has 0 atom stereocenters. The van der Waals surface area contributed by atoms with Crippen LogP contribution >= 0.6 is 12.2 Å². The van der Waals surface area contributed by atoms with Crippen LogP contribution in [0.2, 0.25) is 0 Å². The fourth-order valence-electron chi connectivity index (χ4n) is 2.71. The zero-order valence-electron chi connectivity index (χ0n) is 12.4. The van der Waals surface area contributed by atoms with Crippen molar-refractivity contribution >= 4 is 17.3 Å². The third kappa shape index (κ3) is 3.26. The molecule has 0 radical (unpaired) electrons. The molecule has 1 heterocycles. The van der Waals surface area contributed by atoms with E-state index in [2.05, 4.69) is 36.2 Å². The number of aryl methyl sites for hydroxylation is 2. The van der Waals surface area contributed by atoms with Crippen molar-refractivity contribution in [3.63, 3.8) is 0 Å². The van der Waals surface area contributed by atoms with Crippen molar-refractivity contribution < 1.29 is 0 Å². The topological polar surface area (TPSA) is 33.1 Å². The van der Waals surface area contributed by atoms with Crippen LogP contribution in [-0.4, -0.2) is 32.9 Å². The molecule has 1 aliphatic rings. The van der Waals surface area contributed by atoms with Crippen LogP contribution in [0.4, 0.5) is 0 Å². The van der Waals surface area contributed by atoms with Crippen LogP contribution in [0.5, 0.6) is 0 Å².